The van der Waals surface area contributed by atoms with Crippen LogP contribution < -0.4 is 14.4 Å². The number of carbonyl (C=O) groups excluding carboxylic acids is 3. The number of aryl methyl sites for hydroxylation is 2. The summed E-state index contributed by atoms with van der Waals surface area (Å²) in [6, 6.07) is 29.9. The van der Waals surface area contributed by atoms with Crippen LogP contribution >= 0.6 is 11.3 Å². The third-order valence-electron chi connectivity index (χ3n) is 7.52. The molecule has 0 radical (unpaired) electrons. The van der Waals surface area contributed by atoms with E-state index < -0.39 is 17.7 Å². The summed E-state index contributed by atoms with van der Waals surface area (Å²) in [7, 11) is 0. The third-order valence-corrected chi connectivity index (χ3v) is 8.78. The molecule has 0 aliphatic carbocycles. The molecule has 8 nitrogen and oxygen atoms in total. The molecule has 2 heterocycles. The molecule has 9 heteroatoms. The zero-order valence-electron chi connectivity index (χ0n) is 25.4. The highest BCUT2D eigenvalue weighted by Crippen LogP contribution is 2.44. The summed E-state index contributed by atoms with van der Waals surface area (Å²) in [6.07, 6.45) is 0. The van der Waals surface area contributed by atoms with Crippen LogP contribution in [0.1, 0.15) is 50.6 Å². The second-order valence-electron chi connectivity index (χ2n) is 10.9. The molecule has 0 spiro atoms. The Labute approximate surface area is 270 Å². The van der Waals surface area contributed by atoms with E-state index in [-0.39, 0.29) is 22.2 Å². The van der Waals surface area contributed by atoms with Gasteiger partial charge in [0.15, 0.2) is 10.9 Å². The molecule has 1 atom stereocenters. The van der Waals surface area contributed by atoms with Crippen LogP contribution in [0.5, 0.6) is 17.2 Å². The molecular formula is C37H30N2O6S. The molecule has 1 saturated heterocycles. The number of Topliss-reactive ketones (excluding diaryl/α,β-unsaturated/α-hetero) is 2. The van der Waals surface area contributed by atoms with E-state index in [4.69, 9.17) is 9.47 Å². The molecule has 5 aromatic rings. The minimum Gasteiger partial charge on any atom is -0.507 e. The zero-order valence-corrected chi connectivity index (χ0v) is 26.2. The Hall–Kier alpha value is -5.54. The highest BCUT2D eigenvalue weighted by molar-refractivity contribution is 7.18. The number of aromatic nitrogens is 1. The fourth-order valence-corrected chi connectivity index (χ4v) is 6.35. The average Bonchev–Trinajstić information content (AvgIpc) is 3.57. The number of aliphatic hydroxyl groups excluding tert-OH is 1. The molecule has 1 N–H and O–H groups in total. The zero-order chi connectivity index (χ0) is 32.4. The summed E-state index contributed by atoms with van der Waals surface area (Å²) < 4.78 is 12.0. The number of aliphatic hydroxyl groups is 1. The van der Waals surface area contributed by atoms with Gasteiger partial charge >= 0.3 is 5.91 Å². The molecule has 1 fully saturated rings. The molecule has 46 heavy (non-hydrogen) atoms. The summed E-state index contributed by atoms with van der Waals surface area (Å²) in [5, 5.41) is 11.8. The number of benzene rings is 4. The number of hydrogen-bond acceptors (Lipinski definition) is 8. The van der Waals surface area contributed by atoms with Crippen molar-refractivity contribution in [1.82, 2.24) is 4.98 Å². The van der Waals surface area contributed by atoms with E-state index >= 15 is 0 Å². The number of rotatable bonds is 9. The highest BCUT2D eigenvalue weighted by atomic mass is 32.1. The quantitative estimate of drug-likeness (QED) is 0.0762. The Morgan fingerprint density at radius 3 is 2.28 bits per heavy atom. The normalized spacial score (nSPS) is 15.6. The first-order chi connectivity index (χ1) is 22.2. The van der Waals surface area contributed by atoms with Gasteiger partial charge in [-0.15, -0.1) is 0 Å². The van der Waals surface area contributed by atoms with Crippen LogP contribution in [0, 0.1) is 13.8 Å². The van der Waals surface area contributed by atoms with Crippen molar-refractivity contribution in [2.24, 2.45) is 0 Å². The summed E-state index contributed by atoms with van der Waals surface area (Å²) in [4.78, 5) is 45.7. The first kappa shape index (κ1) is 30.5. The Bertz CT molecular complexity index is 1980. The molecule has 0 bridgehead atoms. The van der Waals surface area contributed by atoms with Crippen molar-refractivity contribution >= 4 is 39.7 Å². The van der Waals surface area contributed by atoms with Gasteiger partial charge in [-0.1, -0.05) is 71.5 Å². The van der Waals surface area contributed by atoms with Gasteiger partial charge in [-0.05, 0) is 73.5 Å². The number of nitrogens with zero attached hydrogens (tertiary/aromatic N) is 2. The summed E-state index contributed by atoms with van der Waals surface area (Å²) >= 11 is 1.03. The van der Waals surface area contributed by atoms with Crippen molar-refractivity contribution in [3.05, 3.63) is 142 Å². The van der Waals surface area contributed by atoms with Gasteiger partial charge in [0.25, 0.3) is 5.78 Å². The number of anilines is 1. The van der Waals surface area contributed by atoms with Crippen LogP contribution in [0.4, 0.5) is 5.13 Å². The molecular weight excluding hydrogens is 600 g/mol. The minimum absolute atomic E-state index is 0.104. The van der Waals surface area contributed by atoms with Gasteiger partial charge in [0, 0.05) is 12.5 Å². The standard InChI is InChI=1S/C37H30N2O6S/c1-22-9-7-10-25(19-22)21-44-28-17-15-26(16-18-28)33(41)31-32(27-11-8-14-30(20-27)45-29-12-5-4-6-13-29)39(36(43)34(31)42)37-38-23(2)35(46-37)24(3)40/h4-20,32,41H,21H2,1-3H3. The SMILES string of the molecule is CC(=O)c1sc(N2C(=O)C(=O)C(=C(O)c3ccc(OCc4cccc(C)c4)cc3)C2c2cccc(Oc3ccccc3)c2)nc1C. The lowest BCUT2D eigenvalue weighted by Crippen LogP contribution is -2.29. The van der Waals surface area contributed by atoms with Gasteiger partial charge < -0.3 is 14.6 Å². The highest BCUT2D eigenvalue weighted by Gasteiger charge is 2.48. The average molecular weight is 631 g/mol. The monoisotopic (exact) mass is 630 g/mol. The molecule has 1 aliphatic rings. The lowest BCUT2D eigenvalue weighted by molar-refractivity contribution is -0.132. The van der Waals surface area contributed by atoms with E-state index in [1.165, 1.54) is 11.8 Å². The number of amides is 1. The predicted molar refractivity (Wildman–Crippen MR) is 177 cm³/mol. The topological polar surface area (TPSA) is 106 Å². The lowest BCUT2D eigenvalue weighted by atomic mass is 9.95. The Morgan fingerprint density at radius 2 is 1.59 bits per heavy atom. The number of carbonyl (C=O) groups is 3. The Balaban J connectivity index is 1.39. The number of hydrogen-bond donors (Lipinski definition) is 1. The Kier molecular flexibility index (Phi) is 8.50. The van der Waals surface area contributed by atoms with Crippen molar-refractivity contribution in [3.8, 4) is 17.2 Å². The van der Waals surface area contributed by atoms with E-state index in [2.05, 4.69) is 4.98 Å². The minimum atomic E-state index is -1.04. The molecule has 1 unspecified atom stereocenters. The summed E-state index contributed by atoms with van der Waals surface area (Å²) in [6.45, 7) is 5.49. The van der Waals surface area contributed by atoms with Gasteiger partial charge in [0.05, 0.1) is 22.2 Å². The summed E-state index contributed by atoms with van der Waals surface area (Å²) in [5.74, 6) is -0.598. The van der Waals surface area contributed by atoms with E-state index in [0.29, 0.717) is 45.6 Å². The largest absolute Gasteiger partial charge is 0.507 e. The van der Waals surface area contributed by atoms with Crippen LogP contribution in [0.3, 0.4) is 0 Å². The molecule has 4 aromatic carbocycles. The Morgan fingerprint density at radius 1 is 0.870 bits per heavy atom. The maximum Gasteiger partial charge on any atom is 0.301 e. The maximum absolute atomic E-state index is 13.7. The smallest absolute Gasteiger partial charge is 0.301 e. The second-order valence-corrected chi connectivity index (χ2v) is 11.9. The van der Waals surface area contributed by atoms with Crippen molar-refractivity contribution in [1.29, 1.82) is 0 Å². The van der Waals surface area contributed by atoms with Gasteiger partial charge in [-0.25, -0.2) is 4.98 Å². The first-order valence-electron chi connectivity index (χ1n) is 14.6. The van der Waals surface area contributed by atoms with Gasteiger partial charge in [0.1, 0.15) is 29.6 Å². The van der Waals surface area contributed by atoms with Crippen LogP contribution in [-0.2, 0) is 16.2 Å². The predicted octanol–water partition coefficient (Wildman–Crippen LogP) is 7.96. The second kappa shape index (κ2) is 12.8. The van der Waals surface area contributed by atoms with Crippen LogP contribution in [-0.4, -0.2) is 27.6 Å². The molecule has 6 rings (SSSR count). The number of ketones is 2. The van der Waals surface area contributed by atoms with E-state index in [1.54, 1.807) is 55.5 Å². The lowest BCUT2D eigenvalue weighted by Gasteiger charge is -2.23. The number of ether oxygens (including phenoxy) is 2. The van der Waals surface area contributed by atoms with Crippen molar-refractivity contribution in [3.63, 3.8) is 0 Å². The molecule has 1 aromatic heterocycles. The number of thiazole rings is 1. The fourth-order valence-electron chi connectivity index (χ4n) is 5.36. The van der Waals surface area contributed by atoms with Crippen molar-refractivity contribution in [2.75, 3.05) is 4.90 Å². The van der Waals surface area contributed by atoms with E-state index in [1.807, 2.05) is 61.5 Å². The molecule has 1 amide bonds. The maximum atomic E-state index is 13.7. The van der Waals surface area contributed by atoms with E-state index in [9.17, 15) is 19.5 Å². The van der Waals surface area contributed by atoms with Crippen LogP contribution in [0.15, 0.2) is 109 Å². The van der Waals surface area contributed by atoms with Crippen molar-refractivity contribution in [2.45, 2.75) is 33.4 Å². The first-order valence-corrected chi connectivity index (χ1v) is 15.4. The van der Waals surface area contributed by atoms with Crippen LogP contribution in [0.25, 0.3) is 5.76 Å². The van der Waals surface area contributed by atoms with Gasteiger partial charge in [-0.3, -0.25) is 19.3 Å². The van der Waals surface area contributed by atoms with Crippen molar-refractivity contribution < 1.29 is 29.0 Å². The van der Waals surface area contributed by atoms with Crippen LogP contribution in [0.2, 0.25) is 0 Å². The summed E-state index contributed by atoms with van der Waals surface area (Å²) in [5.41, 5.74) is 3.36. The number of para-hydroxylation sites is 1. The fraction of sp³-hybridized carbons (Fsp3) is 0.135. The van der Waals surface area contributed by atoms with E-state index in [0.717, 1.165) is 22.5 Å². The third kappa shape index (κ3) is 6.18. The van der Waals surface area contributed by atoms with Gasteiger partial charge in [-0.2, -0.15) is 0 Å². The van der Waals surface area contributed by atoms with Gasteiger partial charge in [0.2, 0.25) is 0 Å². The molecule has 1 aliphatic heterocycles. The molecule has 0 saturated carbocycles. The molecule has 230 valence electrons.